The fourth-order valence-electron chi connectivity index (χ4n) is 2.13. The van der Waals surface area contributed by atoms with Crippen LogP contribution >= 0.6 is 0 Å². The fourth-order valence-corrected chi connectivity index (χ4v) is 2.13. The smallest absolute Gasteiger partial charge is 0.311 e. The first-order valence-electron chi connectivity index (χ1n) is 8.54. The molecule has 0 aliphatic heterocycles. The molecular weight excluding hydrogens is 292 g/mol. The highest BCUT2D eigenvalue weighted by Gasteiger charge is 2.10. The van der Waals surface area contributed by atoms with Crippen LogP contribution in [-0.4, -0.2) is 18.5 Å². The Labute approximate surface area is 139 Å². The number of benzene rings is 1. The number of hydrogen-bond acceptors (Lipinski definition) is 4. The Morgan fingerprint density at radius 3 is 2.17 bits per heavy atom. The van der Waals surface area contributed by atoms with Crippen LogP contribution in [0.15, 0.2) is 24.3 Å². The highest BCUT2D eigenvalue weighted by molar-refractivity contribution is 5.78. The maximum absolute atomic E-state index is 11.6. The monoisotopic (exact) mass is 320 g/mol. The van der Waals surface area contributed by atoms with E-state index < -0.39 is 5.97 Å². The molecule has 0 bridgehead atoms. The molecule has 0 saturated carbocycles. The predicted molar refractivity (Wildman–Crippen MR) is 90.4 cm³/mol. The summed E-state index contributed by atoms with van der Waals surface area (Å²) in [7, 11) is 0. The van der Waals surface area contributed by atoms with Crippen LogP contribution in [0.1, 0.15) is 63.9 Å². The van der Waals surface area contributed by atoms with Gasteiger partial charge in [0.05, 0.1) is 19.4 Å². The van der Waals surface area contributed by atoms with E-state index in [1.807, 2.05) is 19.1 Å². The largest absolute Gasteiger partial charge is 0.466 e. The standard InChI is InChI=1S/C19H28O4/c1-3-4-5-6-7-8-15-22-18(20)13-14-19(21)23-17-11-9-16(2)10-12-17/h9-12H,3-8,13-15H2,1-2H3. The molecule has 0 N–H and O–H groups in total. The van der Waals surface area contributed by atoms with Gasteiger partial charge in [-0.25, -0.2) is 0 Å². The molecule has 23 heavy (non-hydrogen) atoms. The first-order valence-corrected chi connectivity index (χ1v) is 8.54. The summed E-state index contributed by atoms with van der Waals surface area (Å²) in [6, 6.07) is 7.23. The van der Waals surface area contributed by atoms with Gasteiger partial charge in [-0.15, -0.1) is 0 Å². The summed E-state index contributed by atoms with van der Waals surface area (Å²) in [6.07, 6.45) is 7.02. The van der Waals surface area contributed by atoms with Gasteiger partial charge in [-0.3, -0.25) is 9.59 Å². The van der Waals surface area contributed by atoms with Gasteiger partial charge in [0.1, 0.15) is 5.75 Å². The molecule has 0 heterocycles. The molecule has 0 aliphatic rings. The van der Waals surface area contributed by atoms with E-state index in [1.54, 1.807) is 12.1 Å². The minimum atomic E-state index is -0.412. The number of hydrogen-bond donors (Lipinski definition) is 0. The van der Waals surface area contributed by atoms with Crippen molar-refractivity contribution in [2.24, 2.45) is 0 Å². The zero-order chi connectivity index (χ0) is 16.9. The molecule has 4 nitrogen and oxygen atoms in total. The van der Waals surface area contributed by atoms with E-state index in [0.717, 1.165) is 18.4 Å². The number of esters is 2. The lowest BCUT2D eigenvalue weighted by molar-refractivity contribution is -0.147. The van der Waals surface area contributed by atoms with Gasteiger partial charge in [-0.05, 0) is 25.5 Å². The van der Waals surface area contributed by atoms with Crippen molar-refractivity contribution in [2.45, 2.75) is 65.2 Å². The third-order valence-electron chi connectivity index (χ3n) is 3.55. The molecule has 0 aliphatic carbocycles. The van der Waals surface area contributed by atoms with Crippen molar-refractivity contribution in [1.29, 1.82) is 0 Å². The second-order valence-corrected chi connectivity index (χ2v) is 5.78. The molecule has 0 radical (unpaired) electrons. The Morgan fingerprint density at radius 1 is 0.870 bits per heavy atom. The first kappa shape index (κ1) is 19.2. The second kappa shape index (κ2) is 11.7. The molecule has 0 fully saturated rings. The van der Waals surface area contributed by atoms with E-state index >= 15 is 0 Å². The molecule has 0 aromatic heterocycles. The summed E-state index contributed by atoms with van der Waals surface area (Å²) in [5.41, 5.74) is 1.10. The van der Waals surface area contributed by atoms with Gasteiger partial charge in [-0.1, -0.05) is 56.7 Å². The van der Waals surface area contributed by atoms with Crippen LogP contribution in [0.4, 0.5) is 0 Å². The van der Waals surface area contributed by atoms with Gasteiger partial charge in [0.2, 0.25) is 0 Å². The van der Waals surface area contributed by atoms with Gasteiger partial charge >= 0.3 is 11.9 Å². The van der Waals surface area contributed by atoms with Crippen LogP contribution in [0.25, 0.3) is 0 Å². The summed E-state index contributed by atoms with van der Waals surface area (Å²) in [5, 5.41) is 0. The van der Waals surface area contributed by atoms with Crippen LogP contribution in [0.2, 0.25) is 0 Å². The Morgan fingerprint density at radius 2 is 1.48 bits per heavy atom. The average molecular weight is 320 g/mol. The Hall–Kier alpha value is -1.84. The van der Waals surface area contributed by atoms with Crippen LogP contribution in [0, 0.1) is 6.92 Å². The van der Waals surface area contributed by atoms with Crippen molar-refractivity contribution in [1.82, 2.24) is 0 Å². The molecule has 0 amide bonds. The average Bonchev–Trinajstić information content (AvgIpc) is 2.54. The third-order valence-corrected chi connectivity index (χ3v) is 3.55. The molecule has 1 aromatic carbocycles. The molecule has 0 unspecified atom stereocenters. The second-order valence-electron chi connectivity index (χ2n) is 5.78. The fraction of sp³-hybridized carbons (Fsp3) is 0.579. The van der Waals surface area contributed by atoms with Gasteiger partial charge < -0.3 is 9.47 Å². The Bertz CT molecular complexity index is 465. The van der Waals surface area contributed by atoms with Crippen molar-refractivity contribution in [3.05, 3.63) is 29.8 Å². The Kier molecular flexibility index (Phi) is 9.76. The summed E-state index contributed by atoms with van der Waals surface area (Å²) in [5.74, 6) is -0.245. The van der Waals surface area contributed by atoms with Crippen molar-refractivity contribution < 1.29 is 19.1 Å². The van der Waals surface area contributed by atoms with Gasteiger partial charge in [-0.2, -0.15) is 0 Å². The van der Waals surface area contributed by atoms with Gasteiger partial charge in [0, 0.05) is 0 Å². The van der Waals surface area contributed by atoms with E-state index in [4.69, 9.17) is 9.47 Å². The van der Waals surface area contributed by atoms with Crippen molar-refractivity contribution in [2.75, 3.05) is 6.61 Å². The van der Waals surface area contributed by atoms with Crippen molar-refractivity contribution in [3.63, 3.8) is 0 Å². The molecule has 128 valence electrons. The van der Waals surface area contributed by atoms with Crippen molar-refractivity contribution >= 4 is 11.9 Å². The quantitative estimate of drug-likeness (QED) is 0.340. The molecule has 1 aromatic rings. The zero-order valence-electron chi connectivity index (χ0n) is 14.3. The first-order chi connectivity index (χ1) is 11.1. The van der Waals surface area contributed by atoms with Gasteiger partial charge in [0.25, 0.3) is 0 Å². The number of ether oxygens (including phenoxy) is 2. The molecule has 0 saturated heterocycles. The number of aryl methyl sites for hydroxylation is 1. The van der Waals surface area contributed by atoms with E-state index in [1.165, 1.54) is 25.7 Å². The topological polar surface area (TPSA) is 52.6 Å². The number of unbranched alkanes of at least 4 members (excludes halogenated alkanes) is 5. The Balaban J connectivity index is 2.06. The van der Waals surface area contributed by atoms with Crippen LogP contribution in [-0.2, 0) is 14.3 Å². The molecule has 0 atom stereocenters. The molecule has 0 spiro atoms. The normalized spacial score (nSPS) is 10.3. The van der Waals surface area contributed by atoms with E-state index in [9.17, 15) is 9.59 Å². The van der Waals surface area contributed by atoms with Crippen LogP contribution < -0.4 is 4.74 Å². The summed E-state index contributed by atoms with van der Waals surface area (Å²) in [6.45, 7) is 4.59. The predicted octanol–water partition coefficient (Wildman–Crippen LogP) is 4.58. The number of carbonyl (C=O) groups excluding carboxylic acids is 2. The highest BCUT2D eigenvalue weighted by Crippen LogP contribution is 2.12. The molecule has 4 heteroatoms. The summed E-state index contributed by atoms with van der Waals surface area (Å²) >= 11 is 0. The number of rotatable bonds is 11. The molecule has 1 rings (SSSR count). The maximum atomic E-state index is 11.6. The lowest BCUT2D eigenvalue weighted by atomic mass is 10.1. The minimum absolute atomic E-state index is 0.0449. The summed E-state index contributed by atoms with van der Waals surface area (Å²) < 4.78 is 10.3. The third kappa shape index (κ3) is 9.72. The van der Waals surface area contributed by atoms with E-state index in [2.05, 4.69) is 6.92 Å². The SMILES string of the molecule is CCCCCCCCOC(=O)CCC(=O)Oc1ccc(C)cc1. The van der Waals surface area contributed by atoms with Crippen LogP contribution in [0.5, 0.6) is 5.75 Å². The number of carbonyl (C=O) groups is 2. The van der Waals surface area contributed by atoms with Crippen LogP contribution in [0.3, 0.4) is 0 Å². The lowest BCUT2D eigenvalue weighted by Gasteiger charge is -2.06. The van der Waals surface area contributed by atoms with Gasteiger partial charge in [0.15, 0.2) is 0 Å². The summed E-state index contributed by atoms with van der Waals surface area (Å²) in [4.78, 5) is 23.2. The van der Waals surface area contributed by atoms with Crippen molar-refractivity contribution in [3.8, 4) is 5.75 Å². The van der Waals surface area contributed by atoms with E-state index in [-0.39, 0.29) is 18.8 Å². The lowest BCUT2D eigenvalue weighted by Crippen LogP contribution is -2.12. The van der Waals surface area contributed by atoms with E-state index in [0.29, 0.717) is 12.4 Å². The zero-order valence-corrected chi connectivity index (χ0v) is 14.3. The maximum Gasteiger partial charge on any atom is 0.311 e. The highest BCUT2D eigenvalue weighted by atomic mass is 16.5. The minimum Gasteiger partial charge on any atom is -0.466 e. The molecular formula is C19H28O4.